The first-order valence-electron chi connectivity index (χ1n) is 11.8. The van der Waals surface area contributed by atoms with Gasteiger partial charge in [-0.25, -0.2) is 4.79 Å². The highest BCUT2D eigenvalue weighted by molar-refractivity contribution is 5.84. The molecular weight excluding hydrogens is 436 g/mol. The number of hydrogen-bond donors (Lipinski definition) is 3. The van der Waals surface area contributed by atoms with Crippen LogP contribution in [0.1, 0.15) is 42.7 Å². The molecule has 1 saturated heterocycles. The Balaban J connectivity index is 1.19. The fourth-order valence-corrected chi connectivity index (χ4v) is 5.48. The Morgan fingerprint density at radius 1 is 0.912 bits per heavy atom. The van der Waals surface area contributed by atoms with Gasteiger partial charge in [0.15, 0.2) is 6.10 Å². The number of carbonyl (C=O) groups excluding carboxylic acids is 2. The zero-order chi connectivity index (χ0) is 23.7. The Morgan fingerprint density at radius 2 is 1.59 bits per heavy atom. The molecule has 2 aliphatic carbocycles. The van der Waals surface area contributed by atoms with Crippen molar-refractivity contribution in [2.75, 3.05) is 13.2 Å². The van der Waals surface area contributed by atoms with Crippen LogP contribution in [0, 0.1) is 5.92 Å². The molecular formula is C26H28N2O6. The van der Waals surface area contributed by atoms with Crippen LogP contribution in [0.3, 0.4) is 0 Å². The van der Waals surface area contributed by atoms with Gasteiger partial charge in [0.05, 0.1) is 12.0 Å². The monoisotopic (exact) mass is 464 g/mol. The maximum Gasteiger partial charge on any atom is 0.407 e. The minimum absolute atomic E-state index is 0.0487. The number of rotatable bonds is 6. The second-order valence-corrected chi connectivity index (χ2v) is 9.15. The van der Waals surface area contributed by atoms with Gasteiger partial charge in [0.2, 0.25) is 0 Å². The minimum atomic E-state index is -0.900. The molecule has 2 aromatic rings. The summed E-state index contributed by atoms with van der Waals surface area (Å²) in [4.78, 5) is 36.8. The third-order valence-electron chi connectivity index (χ3n) is 7.16. The highest BCUT2D eigenvalue weighted by Crippen LogP contribution is 2.44. The largest absolute Gasteiger partial charge is 0.481 e. The van der Waals surface area contributed by atoms with Crippen molar-refractivity contribution in [1.82, 2.24) is 10.6 Å². The Labute approximate surface area is 197 Å². The van der Waals surface area contributed by atoms with Gasteiger partial charge in [-0.1, -0.05) is 55.0 Å². The number of fused-ring (bicyclic) bond motifs is 3. The molecule has 8 heteroatoms. The van der Waals surface area contributed by atoms with E-state index >= 15 is 0 Å². The normalized spacial score (nSPS) is 25.4. The fourth-order valence-electron chi connectivity index (χ4n) is 5.48. The Kier molecular flexibility index (Phi) is 6.24. The molecule has 178 valence electrons. The maximum atomic E-state index is 12.8. The van der Waals surface area contributed by atoms with E-state index in [0.717, 1.165) is 28.7 Å². The Morgan fingerprint density at radius 3 is 2.26 bits per heavy atom. The summed E-state index contributed by atoms with van der Waals surface area (Å²) < 4.78 is 11.2. The quantitative estimate of drug-likeness (QED) is 0.606. The van der Waals surface area contributed by atoms with Crippen LogP contribution in [0.5, 0.6) is 0 Å². The number of amides is 2. The van der Waals surface area contributed by atoms with Crippen LogP contribution in [0.25, 0.3) is 11.1 Å². The summed E-state index contributed by atoms with van der Waals surface area (Å²) >= 11 is 0. The third-order valence-corrected chi connectivity index (χ3v) is 7.16. The minimum Gasteiger partial charge on any atom is -0.481 e. The van der Waals surface area contributed by atoms with E-state index in [1.165, 1.54) is 0 Å². The molecule has 0 spiro atoms. The molecule has 3 N–H and O–H groups in total. The lowest BCUT2D eigenvalue weighted by atomic mass is 9.98. The molecule has 0 bridgehead atoms. The van der Waals surface area contributed by atoms with E-state index < -0.39 is 36.2 Å². The van der Waals surface area contributed by atoms with Crippen molar-refractivity contribution < 1.29 is 29.0 Å². The van der Waals surface area contributed by atoms with E-state index in [-0.39, 0.29) is 18.4 Å². The van der Waals surface area contributed by atoms with Gasteiger partial charge in [-0.15, -0.1) is 0 Å². The van der Waals surface area contributed by atoms with Crippen LogP contribution in [-0.4, -0.2) is 54.5 Å². The number of carboxylic acid groups (broad SMARTS) is 1. The summed E-state index contributed by atoms with van der Waals surface area (Å²) in [7, 11) is 0. The summed E-state index contributed by atoms with van der Waals surface area (Å²) in [5.74, 6) is -1.92. The third kappa shape index (κ3) is 4.25. The topological polar surface area (TPSA) is 114 Å². The van der Waals surface area contributed by atoms with Gasteiger partial charge in [0, 0.05) is 18.6 Å². The first-order valence-corrected chi connectivity index (χ1v) is 11.8. The molecule has 8 nitrogen and oxygen atoms in total. The lowest BCUT2D eigenvalue weighted by molar-refractivity contribution is -0.142. The number of ether oxygens (including phenoxy) is 2. The number of aliphatic carboxylic acids is 1. The summed E-state index contributed by atoms with van der Waals surface area (Å²) in [6.07, 6.45) is 0.951. The second kappa shape index (κ2) is 9.46. The molecule has 34 heavy (non-hydrogen) atoms. The molecule has 2 fully saturated rings. The number of carbonyl (C=O) groups is 3. The van der Waals surface area contributed by atoms with Crippen molar-refractivity contribution in [2.24, 2.45) is 5.92 Å². The lowest BCUT2D eigenvalue weighted by Gasteiger charge is -2.23. The summed E-state index contributed by atoms with van der Waals surface area (Å²) in [5.41, 5.74) is 4.56. The predicted octanol–water partition coefficient (Wildman–Crippen LogP) is 3.05. The van der Waals surface area contributed by atoms with Crippen LogP contribution in [0.4, 0.5) is 4.79 Å². The average molecular weight is 465 g/mol. The summed E-state index contributed by atoms with van der Waals surface area (Å²) in [6, 6.07) is 15.3. The van der Waals surface area contributed by atoms with E-state index in [4.69, 9.17) is 9.47 Å². The summed E-state index contributed by atoms with van der Waals surface area (Å²) in [6.45, 7) is 0.520. The summed E-state index contributed by atoms with van der Waals surface area (Å²) in [5, 5.41) is 14.9. The van der Waals surface area contributed by atoms with Crippen LogP contribution < -0.4 is 10.6 Å². The number of hydrogen-bond acceptors (Lipinski definition) is 5. The molecule has 2 aromatic carbocycles. The van der Waals surface area contributed by atoms with Crippen molar-refractivity contribution in [2.45, 2.75) is 49.8 Å². The van der Waals surface area contributed by atoms with Crippen LogP contribution >= 0.6 is 0 Å². The van der Waals surface area contributed by atoms with Crippen molar-refractivity contribution in [3.05, 3.63) is 59.7 Å². The van der Waals surface area contributed by atoms with Gasteiger partial charge in [-0.3, -0.25) is 9.59 Å². The number of benzene rings is 2. The lowest BCUT2D eigenvalue weighted by Crippen LogP contribution is -2.51. The van der Waals surface area contributed by atoms with E-state index in [9.17, 15) is 19.5 Å². The van der Waals surface area contributed by atoms with E-state index in [2.05, 4.69) is 34.9 Å². The van der Waals surface area contributed by atoms with Crippen molar-refractivity contribution in [3.63, 3.8) is 0 Å². The molecule has 4 atom stereocenters. The molecule has 2 amide bonds. The number of carboxylic acids is 1. The Hall–Kier alpha value is -3.39. The second-order valence-electron chi connectivity index (χ2n) is 9.15. The van der Waals surface area contributed by atoms with Crippen molar-refractivity contribution in [3.8, 4) is 11.1 Å². The standard InChI is InChI=1S/C26H28N2O6/c29-24(27-21-11-5-10-19(21)25(30)31)23-22(12-13-33-23)28-26(32)34-14-20-17-8-3-1-6-15(17)16-7-2-4-9-18(16)20/h1-4,6-9,19-23H,5,10-14H2,(H,27,29)(H,28,32)(H,30,31)/t19-,21+,22+,23-/m0/s1. The molecule has 0 radical (unpaired) electrons. The maximum absolute atomic E-state index is 12.8. The first kappa shape index (κ1) is 22.4. The van der Waals surface area contributed by atoms with Gasteiger partial charge in [0.1, 0.15) is 6.61 Å². The van der Waals surface area contributed by atoms with Gasteiger partial charge < -0.3 is 25.2 Å². The fraction of sp³-hybridized carbons (Fsp3) is 0.423. The Bertz CT molecular complexity index is 1060. The van der Waals surface area contributed by atoms with E-state index in [1.54, 1.807) is 0 Å². The van der Waals surface area contributed by atoms with E-state index in [1.807, 2.05) is 24.3 Å². The van der Waals surface area contributed by atoms with Crippen LogP contribution in [0.15, 0.2) is 48.5 Å². The first-order chi connectivity index (χ1) is 16.5. The highest BCUT2D eigenvalue weighted by Gasteiger charge is 2.40. The number of alkyl carbamates (subject to hydrolysis) is 1. The van der Waals surface area contributed by atoms with E-state index in [0.29, 0.717) is 25.9 Å². The average Bonchev–Trinajstić information content (AvgIpc) is 3.55. The van der Waals surface area contributed by atoms with Crippen LogP contribution in [0.2, 0.25) is 0 Å². The zero-order valence-electron chi connectivity index (χ0n) is 18.7. The molecule has 1 heterocycles. The van der Waals surface area contributed by atoms with Gasteiger partial charge >= 0.3 is 12.1 Å². The van der Waals surface area contributed by atoms with Crippen molar-refractivity contribution >= 4 is 18.0 Å². The molecule has 3 aliphatic rings. The molecule has 0 unspecified atom stereocenters. The molecule has 5 rings (SSSR count). The van der Waals surface area contributed by atoms with Gasteiger partial charge in [0.25, 0.3) is 5.91 Å². The van der Waals surface area contributed by atoms with Gasteiger partial charge in [-0.05, 0) is 41.5 Å². The molecule has 1 aliphatic heterocycles. The molecule has 0 aromatic heterocycles. The smallest absolute Gasteiger partial charge is 0.407 e. The predicted molar refractivity (Wildman–Crippen MR) is 123 cm³/mol. The van der Waals surface area contributed by atoms with Crippen molar-refractivity contribution in [1.29, 1.82) is 0 Å². The molecule has 1 saturated carbocycles. The highest BCUT2D eigenvalue weighted by atomic mass is 16.6. The zero-order valence-corrected chi connectivity index (χ0v) is 18.7. The van der Waals surface area contributed by atoms with Crippen LogP contribution in [-0.2, 0) is 19.1 Å². The SMILES string of the molecule is O=C(N[C@@H]1CCO[C@@H]1C(=O)N[C@@H]1CCC[C@@H]1C(=O)O)OCC1c2ccccc2-c2ccccc21. The number of nitrogens with one attached hydrogen (secondary N) is 2. The van der Waals surface area contributed by atoms with Gasteiger partial charge in [-0.2, -0.15) is 0 Å².